The lowest BCUT2D eigenvalue weighted by Crippen LogP contribution is -2.58. The predicted octanol–water partition coefficient (Wildman–Crippen LogP) is 6.09. The number of halogens is 8. The minimum absolute atomic E-state index is 0.00761. The first-order chi connectivity index (χ1) is 23.6. The Balaban J connectivity index is 1.16. The second-order valence-corrected chi connectivity index (χ2v) is 13.3. The maximum atomic E-state index is 14.2. The van der Waals surface area contributed by atoms with Crippen LogP contribution in [0.3, 0.4) is 0 Å². The summed E-state index contributed by atoms with van der Waals surface area (Å²) in [5.74, 6) is -3.17. The zero-order chi connectivity index (χ0) is 36.0. The maximum absolute atomic E-state index is 14.2. The number of hydrogen-bond acceptors (Lipinski definition) is 4. The highest BCUT2D eigenvalue weighted by Crippen LogP contribution is 2.37. The van der Waals surface area contributed by atoms with Crippen LogP contribution in [0.25, 0.3) is 0 Å². The van der Waals surface area contributed by atoms with Gasteiger partial charge in [0.15, 0.2) is 11.6 Å². The fourth-order valence-corrected chi connectivity index (χ4v) is 7.54. The van der Waals surface area contributed by atoms with Crippen molar-refractivity contribution >= 4 is 11.8 Å². The van der Waals surface area contributed by atoms with Gasteiger partial charge in [0.05, 0.1) is 11.1 Å². The zero-order valence-electron chi connectivity index (χ0n) is 27.3. The summed E-state index contributed by atoms with van der Waals surface area (Å²) in [5, 5.41) is 0. The van der Waals surface area contributed by atoms with Crippen LogP contribution in [0.1, 0.15) is 56.8 Å². The molecule has 0 aliphatic carbocycles. The Labute approximate surface area is 284 Å². The summed E-state index contributed by atoms with van der Waals surface area (Å²) in [6.45, 7) is 4.15. The van der Waals surface area contributed by atoms with E-state index in [1.807, 2.05) is 24.2 Å². The van der Waals surface area contributed by atoms with E-state index in [0.717, 1.165) is 31.6 Å². The molecule has 50 heavy (non-hydrogen) atoms. The monoisotopic (exact) mass is 711 g/mol. The minimum Gasteiger partial charge on any atom is -0.347 e. The van der Waals surface area contributed by atoms with Crippen molar-refractivity contribution in [2.75, 3.05) is 45.8 Å². The molecule has 0 spiro atoms. The molecular weight excluding hydrogens is 674 g/mol. The largest absolute Gasteiger partial charge is 0.416 e. The van der Waals surface area contributed by atoms with Crippen molar-refractivity contribution in [2.24, 2.45) is 7.05 Å². The van der Waals surface area contributed by atoms with Gasteiger partial charge >= 0.3 is 12.4 Å². The molecule has 0 bridgehead atoms. The quantitative estimate of drug-likeness (QED) is 0.291. The van der Waals surface area contributed by atoms with Crippen molar-refractivity contribution in [3.8, 4) is 0 Å². The lowest BCUT2D eigenvalue weighted by atomic mass is 9.90. The van der Waals surface area contributed by atoms with Gasteiger partial charge in [-0.2, -0.15) is 26.3 Å². The van der Waals surface area contributed by atoms with Gasteiger partial charge in [0.25, 0.3) is 11.8 Å². The molecule has 0 unspecified atom stereocenters. The Morgan fingerprint density at radius 1 is 0.740 bits per heavy atom. The Hall–Kier alpha value is -3.98. The van der Waals surface area contributed by atoms with Gasteiger partial charge in [-0.05, 0) is 73.7 Å². The van der Waals surface area contributed by atoms with E-state index in [4.69, 9.17) is 0 Å². The number of likely N-dealkylation sites (tertiary alicyclic amines) is 2. The van der Waals surface area contributed by atoms with E-state index in [9.17, 15) is 44.7 Å². The number of hydrogen-bond donors (Lipinski definition) is 0. The number of alkyl halides is 6. The van der Waals surface area contributed by atoms with Crippen LogP contribution < -0.4 is 0 Å². The number of amides is 2. The van der Waals surface area contributed by atoms with Gasteiger partial charge in [-0.15, -0.1) is 0 Å². The van der Waals surface area contributed by atoms with Crippen LogP contribution in [0, 0.1) is 11.6 Å². The van der Waals surface area contributed by atoms with Gasteiger partial charge in [-0.1, -0.05) is 6.07 Å². The molecule has 3 atom stereocenters. The smallest absolute Gasteiger partial charge is 0.347 e. The molecule has 4 heterocycles. The Morgan fingerprint density at radius 2 is 1.36 bits per heavy atom. The van der Waals surface area contributed by atoms with Gasteiger partial charge in [0, 0.05) is 82.7 Å². The van der Waals surface area contributed by atoms with E-state index in [0.29, 0.717) is 62.4 Å². The predicted molar refractivity (Wildman–Crippen MR) is 167 cm³/mol. The summed E-state index contributed by atoms with van der Waals surface area (Å²) in [6, 6.07) is 7.16. The summed E-state index contributed by atoms with van der Waals surface area (Å²) in [6.07, 6.45) is -6.78. The van der Waals surface area contributed by atoms with Crippen LogP contribution in [-0.2, 0) is 25.8 Å². The number of carbonyl (C=O) groups is 2. The van der Waals surface area contributed by atoms with Crippen LogP contribution >= 0.6 is 0 Å². The summed E-state index contributed by atoms with van der Waals surface area (Å²) < 4.78 is 111. The third kappa shape index (κ3) is 7.68. The fourth-order valence-electron chi connectivity index (χ4n) is 7.54. The molecule has 0 saturated carbocycles. The first-order valence-electron chi connectivity index (χ1n) is 16.5. The summed E-state index contributed by atoms with van der Waals surface area (Å²) in [4.78, 5) is 34.5. The molecular formula is C35H37F8N5O2. The number of nitrogens with zero attached hydrogens (tertiary/aromatic N) is 5. The first kappa shape index (κ1) is 35.8. The molecule has 3 aliphatic rings. The molecule has 0 radical (unpaired) electrons. The van der Waals surface area contributed by atoms with E-state index in [-0.39, 0.29) is 37.0 Å². The van der Waals surface area contributed by atoms with Crippen molar-refractivity contribution in [1.29, 1.82) is 0 Å². The molecule has 15 heteroatoms. The highest BCUT2D eigenvalue weighted by Gasteiger charge is 2.41. The third-order valence-electron chi connectivity index (χ3n) is 10.2. The third-order valence-corrected chi connectivity index (χ3v) is 10.2. The average molecular weight is 712 g/mol. The standard InChI is InChI=1S/C35H37F8N5O2/c1-44-8-2-3-31(44)33(50)47-9-6-27(21-47)46-13-11-45(12-14-46)26-7-10-48(28(20-26)15-22-4-5-29(36)30(37)16-22)32(49)23-17-24(34(38,39)40)19-25(18-23)35(41,42)43/h2-5,8,16-19,26-28H,6-7,9-15,20-21H2,1H3/t26-,27+,28+/m0/s1. The highest BCUT2D eigenvalue weighted by molar-refractivity contribution is 5.95. The van der Waals surface area contributed by atoms with Gasteiger partial charge in [0.2, 0.25) is 0 Å². The minimum atomic E-state index is -5.12. The summed E-state index contributed by atoms with van der Waals surface area (Å²) >= 11 is 0. The molecule has 1 aromatic heterocycles. The molecule has 270 valence electrons. The van der Waals surface area contributed by atoms with Gasteiger partial charge in [-0.25, -0.2) is 8.78 Å². The highest BCUT2D eigenvalue weighted by atomic mass is 19.4. The summed E-state index contributed by atoms with van der Waals surface area (Å²) in [7, 11) is 1.83. The molecule has 2 amide bonds. The van der Waals surface area contributed by atoms with E-state index >= 15 is 0 Å². The number of carbonyl (C=O) groups excluding carboxylic acids is 2. The van der Waals surface area contributed by atoms with Crippen LogP contribution in [0.4, 0.5) is 35.1 Å². The summed E-state index contributed by atoms with van der Waals surface area (Å²) in [5.41, 5.74) is -2.95. The lowest BCUT2D eigenvalue weighted by molar-refractivity contribution is -0.143. The molecule has 3 aromatic rings. The van der Waals surface area contributed by atoms with Crippen molar-refractivity contribution in [3.63, 3.8) is 0 Å². The van der Waals surface area contributed by atoms with Crippen LogP contribution in [-0.4, -0.2) is 99.9 Å². The maximum Gasteiger partial charge on any atom is 0.416 e. The number of aryl methyl sites for hydroxylation is 1. The van der Waals surface area contributed by atoms with Gasteiger partial charge in [-0.3, -0.25) is 19.4 Å². The molecule has 0 N–H and O–H groups in total. The number of piperazine rings is 1. The van der Waals surface area contributed by atoms with Crippen molar-refractivity contribution in [1.82, 2.24) is 24.2 Å². The topological polar surface area (TPSA) is 52.0 Å². The van der Waals surface area contributed by atoms with E-state index < -0.39 is 52.6 Å². The first-order valence-corrected chi connectivity index (χ1v) is 16.5. The molecule has 3 fully saturated rings. The van der Waals surface area contributed by atoms with Gasteiger partial charge < -0.3 is 14.4 Å². The number of piperidine rings is 1. The number of aromatic nitrogens is 1. The van der Waals surface area contributed by atoms with E-state index in [1.54, 1.807) is 10.6 Å². The van der Waals surface area contributed by atoms with E-state index in [1.165, 1.54) is 11.0 Å². The zero-order valence-corrected chi connectivity index (χ0v) is 27.3. The van der Waals surface area contributed by atoms with Crippen LogP contribution in [0.2, 0.25) is 0 Å². The van der Waals surface area contributed by atoms with Crippen molar-refractivity contribution in [2.45, 2.75) is 56.2 Å². The van der Waals surface area contributed by atoms with Crippen LogP contribution in [0.5, 0.6) is 0 Å². The van der Waals surface area contributed by atoms with E-state index in [2.05, 4.69) is 9.80 Å². The van der Waals surface area contributed by atoms with Crippen molar-refractivity contribution in [3.05, 3.63) is 94.3 Å². The molecule has 7 nitrogen and oxygen atoms in total. The Kier molecular flexibility index (Phi) is 10.0. The second-order valence-electron chi connectivity index (χ2n) is 13.3. The average Bonchev–Trinajstić information content (AvgIpc) is 3.75. The Bertz CT molecular complexity index is 1680. The second kappa shape index (κ2) is 14.0. The molecule has 3 aliphatic heterocycles. The Morgan fingerprint density at radius 3 is 1.94 bits per heavy atom. The number of rotatable bonds is 6. The molecule has 3 saturated heterocycles. The molecule has 6 rings (SSSR count). The molecule has 2 aromatic carbocycles. The van der Waals surface area contributed by atoms with Gasteiger partial charge in [0.1, 0.15) is 5.69 Å². The van der Waals surface area contributed by atoms with Crippen molar-refractivity contribution < 1.29 is 44.7 Å². The van der Waals surface area contributed by atoms with Crippen LogP contribution in [0.15, 0.2) is 54.7 Å². The fraction of sp³-hybridized carbons (Fsp3) is 0.486. The number of benzene rings is 2. The SMILES string of the molecule is Cn1cccc1C(=O)N1CC[C@@H](N2CCN([C@H]3CCN(C(=O)c4cc(C(F)(F)F)cc(C(F)(F)F)c4)[C@H](Cc4ccc(F)c(F)c4)C3)CC2)C1. The lowest BCUT2D eigenvalue weighted by Gasteiger charge is -2.47. The normalized spacial score (nSPS) is 22.7.